The van der Waals surface area contributed by atoms with Gasteiger partial charge in [-0.05, 0) is 48.4 Å². The van der Waals surface area contributed by atoms with Gasteiger partial charge in [0, 0.05) is 5.56 Å². The third-order valence-electron chi connectivity index (χ3n) is 4.01. The average Bonchev–Trinajstić information content (AvgIpc) is 2.66. The number of nitrogens with one attached hydrogen (secondary N) is 2. The number of hydrogen-bond acceptors (Lipinski definition) is 3. The van der Waals surface area contributed by atoms with E-state index in [1.165, 1.54) is 0 Å². The predicted octanol–water partition coefficient (Wildman–Crippen LogP) is 3.63. The number of ether oxygens (including phenoxy) is 1. The van der Waals surface area contributed by atoms with E-state index >= 15 is 0 Å². The molecule has 3 aromatic carbocycles. The molecule has 0 aliphatic rings. The molecule has 27 heavy (non-hydrogen) atoms. The van der Waals surface area contributed by atoms with Crippen LogP contribution in [0.5, 0.6) is 5.75 Å². The van der Waals surface area contributed by atoms with Gasteiger partial charge in [-0.2, -0.15) is 0 Å². The van der Waals surface area contributed by atoms with Crippen LogP contribution in [0, 0.1) is 0 Å². The van der Waals surface area contributed by atoms with Gasteiger partial charge in [0.05, 0.1) is 12.5 Å². The average molecular weight is 362 g/mol. The fourth-order valence-electron chi connectivity index (χ4n) is 2.85. The zero-order valence-electron chi connectivity index (χ0n) is 15.4. The predicted molar refractivity (Wildman–Crippen MR) is 105 cm³/mol. The van der Waals surface area contributed by atoms with Crippen molar-refractivity contribution < 1.29 is 14.3 Å². The minimum absolute atomic E-state index is 0.0173. The number of benzene rings is 3. The second-order valence-electron chi connectivity index (χ2n) is 6.51. The van der Waals surface area contributed by atoms with Crippen molar-refractivity contribution in [2.75, 3.05) is 0 Å². The first-order valence-corrected chi connectivity index (χ1v) is 8.85. The Kier molecular flexibility index (Phi) is 5.71. The first-order valence-electron chi connectivity index (χ1n) is 8.85. The molecule has 0 unspecified atom stereocenters. The summed E-state index contributed by atoms with van der Waals surface area (Å²) in [5, 5.41) is 2.11. The van der Waals surface area contributed by atoms with Crippen LogP contribution in [0.1, 0.15) is 29.8 Å². The largest absolute Gasteiger partial charge is 0.491 e. The van der Waals surface area contributed by atoms with Gasteiger partial charge in [0.15, 0.2) is 0 Å². The van der Waals surface area contributed by atoms with Crippen LogP contribution in [0.2, 0.25) is 0 Å². The van der Waals surface area contributed by atoms with Crippen molar-refractivity contribution in [2.24, 2.45) is 0 Å². The number of hydrogen-bond donors (Lipinski definition) is 2. The summed E-state index contributed by atoms with van der Waals surface area (Å²) in [6.07, 6.45) is 0.196. The Morgan fingerprint density at radius 1 is 0.926 bits per heavy atom. The summed E-state index contributed by atoms with van der Waals surface area (Å²) in [4.78, 5) is 24.5. The molecule has 0 aromatic heterocycles. The van der Waals surface area contributed by atoms with Gasteiger partial charge in [-0.15, -0.1) is 0 Å². The van der Waals surface area contributed by atoms with Crippen molar-refractivity contribution in [3.05, 3.63) is 77.9 Å². The first kappa shape index (κ1) is 18.5. The lowest BCUT2D eigenvalue weighted by molar-refractivity contribution is -0.121. The van der Waals surface area contributed by atoms with Gasteiger partial charge in [0.2, 0.25) is 5.91 Å². The summed E-state index contributed by atoms with van der Waals surface area (Å²) < 4.78 is 5.58. The van der Waals surface area contributed by atoms with E-state index < -0.39 is 5.91 Å². The molecular formula is C22H22N2O3. The van der Waals surface area contributed by atoms with E-state index in [1.807, 2.05) is 56.3 Å². The van der Waals surface area contributed by atoms with Crippen LogP contribution in [-0.2, 0) is 11.2 Å². The molecule has 0 aliphatic carbocycles. The third-order valence-corrected chi connectivity index (χ3v) is 4.01. The maximum absolute atomic E-state index is 12.3. The topological polar surface area (TPSA) is 67.4 Å². The van der Waals surface area contributed by atoms with E-state index in [0.717, 1.165) is 16.3 Å². The standard InChI is InChI=1S/C22H22N2O3/c1-15(2)27-19-11-6-10-18(13-19)22(26)24-23-21(25)14-17-9-5-8-16-7-3-4-12-20(16)17/h3-13,15H,14H2,1-2H3,(H,23,25)(H,24,26). The maximum Gasteiger partial charge on any atom is 0.269 e. The van der Waals surface area contributed by atoms with Gasteiger partial charge < -0.3 is 4.74 Å². The molecule has 0 saturated carbocycles. The molecule has 0 bridgehead atoms. The zero-order valence-corrected chi connectivity index (χ0v) is 15.4. The summed E-state index contributed by atoms with van der Waals surface area (Å²) in [5.41, 5.74) is 6.25. The fourth-order valence-corrected chi connectivity index (χ4v) is 2.85. The van der Waals surface area contributed by atoms with Crippen molar-refractivity contribution in [3.63, 3.8) is 0 Å². The smallest absolute Gasteiger partial charge is 0.269 e. The summed E-state index contributed by atoms with van der Waals surface area (Å²) >= 11 is 0. The number of fused-ring (bicyclic) bond motifs is 1. The van der Waals surface area contributed by atoms with E-state index in [1.54, 1.807) is 24.3 Å². The number of carbonyl (C=O) groups excluding carboxylic acids is 2. The molecular weight excluding hydrogens is 340 g/mol. The molecule has 2 N–H and O–H groups in total. The third kappa shape index (κ3) is 4.85. The molecule has 0 fully saturated rings. The number of carbonyl (C=O) groups is 2. The SMILES string of the molecule is CC(C)Oc1cccc(C(=O)NNC(=O)Cc2cccc3ccccc23)c1. The first-order chi connectivity index (χ1) is 13.0. The number of rotatable bonds is 5. The Morgan fingerprint density at radius 3 is 2.48 bits per heavy atom. The van der Waals surface area contributed by atoms with Gasteiger partial charge in [-0.25, -0.2) is 0 Å². The quantitative estimate of drug-likeness (QED) is 0.681. The van der Waals surface area contributed by atoms with E-state index in [9.17, 15) is 9.59 Å². The van der Waals surface area contributed by atoms with Crippen molar-refractivity contribution in [3.8, 4) is 5.75 Å². The van der Waals surface area contributed by atoms with Gasteiger partial charge in [0.25, 0.3) is 5.91 Å². The molecule has 0 spiro atoms. The van der Waals surface area contributed by atoms with Crippen LogP contribution < -0.4 is 15.6 Å². The molecule has 0 heterocycles. The Balaban J connectivity index is 1.61. The minimum Gasteiger partial charge on any atom is -0.491 e. The minimum atomic E-state index is -0.393. The van der Waals surface area contributed by atoms with Crippen LogP contribution in [0.15, 0.2) is 66.7 Å². The molecule has 5 heteroatoms. The van der Waals surface area contributed by atoms with Gasteiger partial charge >= 0.3 is 0 Å². The highest BCUT2D eigenvalue weighted by atomic mass is 16.5. The molecule has 3 aromatic rings. The maximum atomic E-state index is 12.3. The van der Waals surface area contributed by atoms with Crippen LogP contribution in [0.3, 0.4) is 0 Å². The summed E-state index contributed by atoms with van der Waals surface area (Å²) in [6, 6.07) is 20.6. The van der Waals surface area contributed by atoms with Crippen LogP contribution in [-0.4, -0.2) is 17.9 Å². The number of hydrazine groups is 1. The molecule has 0 atom stereocenters. The van der Waals surface area contributed by atoms with Crippen molar-refractivity contribution in [1.82, 2.24) is 10.9 Å². The molecule has 3 rings (SSSR count). The highest BCUT2D eigenvalue weighted by Gasteiger charge is 2.10. The zero-order chi connectivity index (χ0) is 19.2. The van der Waals surface area contributed by atoms with Crippen molar-refractivity contribution in [1.29, 1.82) is 0 Å². The normalized spacial score (nSPS) is 10.6. The van der Waals surface area contributed by atoms with Crippen LogP contribution in [0.25, 0.3) is 10.8 Å². The van der Waals surface area contributed by atoms with Gasteiger partial charge in [0.1, 0.15) is 5.75 Å². The summed E-state index contributed by atoms with van der Waals surface area (Å²) in [6.45, 7) is 3.83. The molecule has 0 radical (unpaired) electrons. The Labute approximate surface area is 158 Å². The molecule has 5 nitrogen and oxygen atoms in total. The number of amides is 2. The Bertz CT molecular complexity index is 961. The van der Waals surface area contributed by atoms with E-state index in [2.05, 4.69) is 10.9 Å². The van der Waals surface area contributed by atoms with Crippen molar-refractivity contribution in [2.45, 2.75) is 26.4 Å². The fraction of sp³-hybridized carbons (Fsp3) is 0.182. The van der Waals surface area contributed by atoms with Gasteiger partial charge in [-0.3, -0.25) is 20.4 Å². The molecule has 0 saturated heterocycles. The second-order valence-corrected chi connectivity index (χ2v) is 6.51. The van der Waals surface area contributed by atoms with Crippen molar-refractivity contribution >= 4 is 22.6 Å². The summed E-state index contributed by atoms with van der Waals surface area (Å²) in [5.74, 6) is -0.0653. The van der Waals surface area contributed by atoms with E-state index in [-0.39, 0.29) is 18.4 Å². The van der Waals surface area contributed by atoms with Gasteiger partial charge in [-0.1, -0.05) is 48.5 Å². The lowest BCUT2D eigenvalue weighted by atomic mass is 10.0. The van der Waals surface area contributed by atoms with Crippen LogP contribution in [0.4, 0.5) is 0 Å². The van der Waals surface area contributed by atoms with E-state index in [4.69, 9.17) is 4.74 Å². The van der Waals surface area contributed by atoms with E-state index in [0.29, 0.717) is 11.3 Å². The highest BCUT2D eigenvalue weighted by Crippen LogP contribution is 2.19. The second kappa shape index (κ2) is 8.36. The van der Waals surface area contributed by atoms with Crippen LogP contribution >= 0.6 is 0 Å². The lowest BCUT2D eigenvalue weighted by Crippen LogP contribution is -2.42. The molecule has 0 aliphatic heterocycles. The molecule has 2 amide bonds. The highest BCUT2D eigenvalue weighted by molar-refractivity contribution is 5.96. The Morgan fingerprint density at radius 2 is 1.67 bits per heavy atom. The monoisotopic (exact) mass is 362 g/mol. The Hall–Kier alpha value is -3.34. The summed E-state index contributed by atoms with van der Waals surface area (Å²) in [7, 11) is 0. The lowest BCUT2D eigenvalue weighted by Gasteiger charge is -2.12. The molecule has 138 valence electrons.